The summed E-state index contributed by atoms with van der Waals surface area (Å²) in [5, 5.41) is 6.02. The van der Waals surface area contributed by atoms with Crippen LogP contribution in [0.15, 0.2) is 53.3 Å². The minimum atomic E-state index is -0.146. The molecule has 2 aliphatic rings. The molecule has 0 saturated carbocycles. The number of carbonyl (C=O) groups excluding carboxylic acids is 1. The first-order valence-electron chi connectivity index (χ1n) is 9.87. The van der Waals surface area contributed by atoms with Gasteiger partial charge in [0.15, 0.2) is 5.96 Å². The smallest absolute Gasteiger partial charge is 0.327 e. The molecule has 1 aromatic rings. The standard InChI is InChI=1S/C20H30N8O/c21-8-1-11-27(12-2-9-25-19(22)23)13-15-3-5-17(6-4-15)28-14-16-7-10-24-18(16)26-20(28)29/h3-7,10,14,18,24H,1-2,8-9,11-13,21H2,(H,26,29)(H4,22,23,25). The molecule has 0 saturated heterocycles. The van der Waals surface area contributed by atoms with Crippen molar-refractivity contribution in [3.05, 3.63) is 53.9 Å². The Morgan fingerprint density at radius 2 is 1.93 bits per heavy atom. The highest BCUT2D eigenvalue weighted by atomic mass is 16.2. The van der Waals surface area contributed by atoms with Crippen LogP contribution in [0.3, 0.4) is 0 Å². The normalized spacial score (nSPS) is 17.6. The van der Waals surface area contributed by atoms with Gasteiger partial charge in [-0.05, 0) is 55.9 Å². The van der Waals surface area contributed by atoms with E-state index >= 15 is 0 Å². The van der Waals surface area contributed by atoms with Gasteiger partial charge in [-0.25, -0.2) is 4.79 Å². The van der Waals surface area contributed by atoms with Gasteiger partial charge >= 0.3 is 6.03 Å². The van der Waals surface area contributed by atoms with Gasteiger partial charge < -0.3 is 27.8 Å². The number of anilines is 1. The van der Waals surface area contributed by atoms with E-state index in [-0.39, 0.29) is 18.2 Å². The fourth-order valence-electron chi connectivity index (χ4n) is 3.38. The minimum absolute atomic E-state index is 0.126. The number of amides is 2. The number of nitrogens with one attached hydrogen (secondary N) is 2. The second kappa shape index (κ2) is 9.94. The number of fused-ring (bicyclic) bond motifs is 1. The van der Waals surface area contributed by atoms with Crippen molar-refractivity contribution in [1.29, 1.82) is 0 Å². The highest BCUT2D eigenvalue weighted by Crippen LogP contribution is 2.23. The monoisotopic (exact) mass is 398 g/mol. The van der Waals surface area contributed by atoms with E-state index in [4.69, 9.17) is 17.2 Å². The molecule has 2 aliphatic heterocycles. The Morgan fingerprint density at radius 3 is 2.66 bits per heavy atom. The lowest BCUT2D eigenvalue weighted by molar-refractivity contribution is 0.244. The number of nitrogens with two attached hydrogens (primary N) is 3. The number of aliphatic imine (C=N–C) groups is 1. The number of guanidine groups is 1. The van der Waals surface area contributed by atoms with Gasteiger partial charge in [0.1, 0.15) is 6.17 Å². The molecule has 1 unspecified atom stereocenters. The first-order valence-corrected chi connectivity index (χ1v) is 9.87. The molecule has 9 nitrogen and oxygen atoms in total. The largest absolute Gasteiger partial charge is 0.370 e. The number of carbonyl (C=O) groups is 1. The van der Waals surface area contributed by atoms with Gasteiger partial charge in [0.2, 0.25) is 0 Å². The van der Waals surface area contributed by atoms with Crippen LogP contribution in [0.5, 0.6) is 0 Å². The molecule has 1 aromatic carbocycles. The van der Waals surface area contributed by atoms with Crippen LogP contribution in [0, 0.1) is 0 Å². The van der Waals surface area contributed by atoms with E-state index in [1.807, 2.05) is 30.6 Å². The maximum atomic E-state index is 12.4. The lowest BCUT2D eigenvalue weighted by atomic mass is 10.1. The summed E-state index contributed by atoms with van der Waals surface area (Å²) < 4.78 is 0. The highest BCUT2D eigenvalue weighted by molar-refractivity contribution is 5.95. The van der Waals surface area contributed by atoms with Gasteiger partial charge in [0.25, 0.3) is 0 Å². The molecule has 0 aromatic heterocycles. The zero-order valence-corrected chi connectivity index (χ0v) is 16.6. The second-order valence-electron chi connectivity index (χ2n) is 7.13. The van der Waals surface area contributed by atoms with Crippen LogP contribution in [-0.2, 0) is 6.54 Å². The number of hydrogen-bond acceptors (Lipinski definition) is 5. The van der Waals surface area contributed by atoms with Crippen molar-refractivity contribution in [1.82, 2.24) is 15.5 Å². The molecule has 3 rings (SSSR count). The average molecular weight is 399 g/mol. The van der Waals surface area contributed by atoms with Crippen molar-refractivity contribution in [2.45, 2.75) is 25.6 Å². The lowest BCUT2D eigenvalue weighted by Gasteiger charge is -2.29. The fourth-order valence-corrected chi connectivity index (χ4v) is 3.38. The Kier molecular flexibility index (Phi) is 7.09. The third-order valence-corrected chi connectivity index (χ3v) is 4.86. The summed E-state index contributed by atoms with van der Waals surface area (Å²) in [5.74, 6) is 0.126. The maximum absolute atomic E-state index is 12.4. The van der Waals surface area contributed by atoms with E-state index in [0.29, 0.717) is 13.1 Å². The molecule has 8 N–H and O–H groups in total. The Morgan fingerprint density at radius 1 is 1.17 bits per heavy atom. The molecular formula is C20H30N8O. The summed E-state index contributed by atoms with van der Waals surface area (Å²) >= 11 is 0. The molecule has 0 fully saturated rings. The van der Waals surface area contributed by atoms with Crippen LogP contribution < -0.4 is 32.7 Å². The number of urea groups is 1. The van der Waals surface area contributed by atoms with E-state index in [1.165, 1.54) is 5.56 Å². The van der Waals surface area contributed by atoms with Crippen LogP contribution in [0.4, 0.5) is 10.5 Å². The summed E-state index contributed by atoms with van der Waals surface area (Å²) in [7, 11) is 0. The van der Waals surface area contributed by atoms with Crippen molar-refractivity contribution < 1.29 is 4.79 Å². The first-order chi connectivity index (χ1) is 14.1. The van der Waals surface area contributed by atoms with Gasteiger partial charge in [0, 0.05) is 31.4 Å². The summed E-state index contributed by atoms with van der Waals surface area (Å²) in [6.07, 6.45) is 7.35. The molecular weight excluding hydrogens is 368 g/mol. The van der Waals surface area contributed by atoms with Crippen molar-refractivity contribution >= 4 is 17.7 Å². The Hall–Kier alpha value is -3.04. The zero-order valence-electron chi connectivity index (χ0n) is 16.6. The average Bonchev–Trinajstić information content (AvgIpc) is 3.16. The number of hydrogen-bond donors (Lipinski definition) is 5. The quantitative estimate of drug-likeness (QED) is 0.219. The Bertz CT molecular complexity index is 782. The highest BCUT2D eigenvalue weighted by Gasteiger charge is 2.27. The Labute approximate surface area is 171 Å². The van der Waals surface area contributed by atoms with E-state index in [9.17, 15) is 4.79 Å². The summed E-state index contributed by atoms with van der Waals surface area (Å²) in [5.41, 5.74) is 19.5. The molecule has 2 amide bonds. The SMILES string of the molecule is NCCCN(CCCN=C(N)N)Cc1ccc(N2C=C3C=CNC3NC2=O)cc1. The van der Waals surface area contributed by atoms with Crippen molar-refractivity contribution in [2.24, 2.45) is 22.2 Å². The van der Waals surface area contributed by atoms with Gasteiger partial charge in [-0.3, -0.25) is 14.8 Å². The molecule has 0 spiro atoms. The molecule has 29 heavy (non-hydrogen) atoms. The minimum Gasteiger partial charge on any atom is -0.370 e. The van der Waals surface area contributed by atoms with Crippen LogP contribution in [0.1, 0.15) is 18.4 Å². The number of nitrogens with zero attached hydrogens (tertiary/aromatic N) is 3. The van der Waals surface area contributed by atoms with E-state index < -0.39 is 0 Å². The molecule has 0 bridgehead atoms. The number of benzene rings is 1. The summed E-state index contributed by atoms with van der Waals surface area (Å²) in [6, 6.07) is 7.91. The van der Waals surface area contributed by atoms with Crippen LogP contribution in [-0.4, -0.2) is 49.2 Å². The summed E-state index contributed by atoms with van der Waals surface area (Å²) in [6.45, 7) is 3.89. The molecule has 0 aliphatic carbocycles. The van der Waals surface area contributed by atoms with Crippen molar-refractivity contribution in [2.75, 3.05) is 31.1 Å². The molecule has 1 atom stereocenters. The van der Waals surface area contributed by atoms with Gasteiger partial charge in [-0.1, -0.05) is 12.1 Å². The topological polar surface area (TPSA) is 138 Å². The van der Waals surface area contributed by atoms with Crippen molar-refractivity contribution in [3.8, 4) is 0 Å². The predicted octanol–water partition coefficient (Wildman–Crippen LogP) is 0.357. The van der Waals surface area contributed by atoms with Crippen LogP contribution in [0.25, 0.3) is 0 Å². The maximum Gasteiger partial charge on any atom is 0.327 e. The number of rotatable bonds is 10. The third-order valence-electron chi connectivity index (χ3n) is 4.86. The lowest BCUT2D eigenvalue weighted by Crippen LogP contribution is -2.51. The molecule has 2 heterocycles. The van der Waals surface area contributed by atoms with Gasteiger partial charge in [0.05, 0.1) is 5.69 Å². The predicted molar refractivity (Wildman–Crippen MR) is 116 cm³/mol. The second-order valence-corrected chi connectivity index (χ2v) is 7.13. The molecule has 0 radical (unpaired) electrons. The summed E-state index contributed by atoms with van der Waals surface area (Å²) in [4.78, 5) is 20.4. The zero-order chi connectivity index (χ0) is 20.6. The van der Waals surface area contributed by atoms with E-state index in [0.717, 1.165) is 43.7 Å². The fraction of sp³-hybridized carbons (Fsp3) is 0.400. The van der Waals surface area contributed by atoms with E-state index in [2.05, 4.69) is 32.7 Å². The first kappa shape index (κ1) is 20.7. The van der Waals surface area contributed by atoms with Crippen LogP contribution >= 0.6 is 0 Å². The molecule has 9 heteroatoms. The van der Waals surface area contributed by atoms with Gasteiger partial charge in [-0.15, -0.1) is 0 Å². The van der Waals surface area contributed by atoms with E-state index in [1.54, 1.807) is 4.90 Å². The van der Waals surface area contributed by atoms with Crippen molar-refractivity contribution in [3.63, 3.8) is 0 Å². The Balaban J connectivity index is 1.61. The van der Waals surface area contributed by atoms with Crippen LogP contribution in [0.2, 0.25) is 0 Å². The third kappa shape index (κ3) is 5.72. The van der Waals surface area contributed by atoms with Gasteiger partial charge in [-0.2, -0.15) is 0 Å². The molecule has 156 valence electrons.